The first-order valence-corrected chi connectivity index (χ1v) is 8.04. The molecule has 0 aliphatic heterocycles. The third-order valence-electron chi connectivity index (χ3n) is 4.25. The Morgan fingerprint density at radius 3 is 1.65 bits per heavy atom. The number of unbranched alkanes of at least 4 members (excludes halogenated alkanes) is 8. The van der Waals surface area contributed by atoms with Crippen molar-refractivity contribution in [3.05, 3.63) is 0 Å². The van der Waals surface area contributed by atoms with Crippen molar-refractivity contribution in [3.63, 3.8) is 0 Å². The monoisotopic (exact) mass is 240 g/mol. The van der Waals surface area contributed by atoms with Gasteiger partial charge in [0.05, 0.1) is 0 Å². The normalized spacial score (nSPS) is 16.8. The van der Waals surface area contributed by atoms with Gasteiger partial charge >= 0.3 is 0 Å². The summed E-state index contributed by atoms with van der Waals surface area (Å²) in [5.41, 5.74) is 0. The minimum absolute atomic E-state index is 0.376. The lowest BCUT2D eigenvalue weighted by molar-refractivity contribution is 0.282. The summed E-state index contributed by atoms with van der Waals surface area (Å²) in [6, 6.07) is 0. The van der Waals surface area contributed by atoms with Crippen molar-refractivity contribution in [2.24, 2.45) is 5.92 Å². The molecule has 0 amide bonds. The Bertz CT molecular complexity index is 150. The van der Waals surface area contributed by atoms with E-state index >= 15 is 0 Å². The number of aliphatic hydroxyl groups is 1. The van der Waals surface area contributed by atoms with E-state index in [1.54, 1.807) is 0 Å². The zero-order chi connectivity index (χ0) is 12.2. The van der Waals surface area contributed by atoms with E-state index < -0.39 is 0 Å². The molecule has 1 aliphatic carbocycles. The van der Waals surface area contributed by atoms with Crippen molar-refractivity contribution in [1.82, 2.24) is 0 Å². The fourth-order valence-corrected chi connectivity index (χ4v) is 3.08. The lowest BCUT2D eigenvalue weighted by atomic mass is 9.99. The summed E-state index contributed by atoms with van der Waals surface area (Å²) in [4.78, 5) is 0. The summed E-state index contributed by atoms with van der Waals surface area (Å²) in [5.74, 6) is 1.09. The van der Waals surface area contributed by atoms with E-state index in [-0.39, 0.29) is 0 Å². The van der Waals surface area contributed by atoms with Crippen LogP contribution in [-0.2, 0) is 0 Å². The largest absolute Gasteiger partial charge is 0.396 e. The summed E-state index contributed by atoms with van der Waals surface area (Å²) in [5, 5.41) is 8.66. The summed E-state index contributed by atoms with van der Waals surface area (Å²) in [6.45, 7) is 0.376. The number of hydrogen-bond acceptors (Lipinski definition) is 1. The third-order valence-corrected chi connectivity index (χ3v) is 4.25. The van der Waals surface area contributed by atoms with Gasteiger partial charge in [-0.25, -0.2) is 0 Å². The van der Waals surface area contributed by atoms with Crippen molar-refractivity contribution >= 4 is 0 Å². The summed E-state index contributed by atoms with van der Waals surface area (Å²) < 4.78 is 0. The second-order valence-corrected chi connectivity index (χ2v) is 5.84. The Morgan fingerprint density at radius 2 is 1.12 bits per heavy atom. The van der Waals surface area contributed by atoms with Gasteiger partial charge in [-0.15, -0.1) is 0 Å². The molecule has 1 fully saturated rings. The fourth-order valence-electron chi connectivity index (χ4n) is 3.08. The highest BCUT2D eigenvalue weighted by Crippen LogP contribution is 2.29. The van der Waals surface area contributed by atoms with Gasteiger partial charge in [0.15, 0.2) is 0 Å². The predicted octanol–water partition coefficient (Wildman–Crippen LogP) is 5.07. The molecule has 0 unspecified atom stereocenters. The van der Waals surface area contributed by atoms with Crippen LogP contribution in [0.15, 0.2) is 0 Å². The van der Waals surface area contributed by atoms with Gasteiger partial charge in [-0.05, 0) is 12.3 Å². The molecular weight excluding hydrogens is 208 g/mol. The van der Waals surface area contributed by atoms with Crippen LogP contribution in [0.25, 0.3) is 0 Å². The van der Waals surface area contributed by atoms with Crippen LogP contribution in [0, 0.1) is 5.92 Å². The smallest absolute Gasteiger partial charge is 0.0431 e. The minimum Gasteiger partial charge on any atom is -0.396 e. The van der Waals surface area contributed by atoms with Gasteiger partial charge in [0.25, 0.3) is 0 Å². The molecule has 1 heteroatoms. The molecule has 0 heterocycles. The maximum atomic E-state index is 8.66. The molecule has 0 spiro atoms. The maximum Gasteiger partial charge on any atom is 0.0431 e. The summed E-state index contributed by atoms with van der Waals surface area (Å²) in [6.07, 6.45) is 19.7. The van der Waals surface area contributed by atoms with E-state index in [1.165, 1.54) is 83.5 Å². The maximum absolute atomic E-state index is 8.66. The lowest BCUT2D eigenvalue weighted by Gasteiger charge is -2.07. The molecule has 0 aromatic heterocycles. The Kier molecular flexibility index (Phi) is 9.78. The van der Waals surface area contributed by atoms with E-state index in [4.69, 9.17) is 5.11 Å². The summed E-state index contributed by atoms with van der Waals surface area (Å²) >= 11 is 0. The first-order chi connectivity index (χ1) is 8.43. The zero-order valence-corrected chi connectivity index (χ0v) is 11.6. The van der Waals surface area contributed by atoms with Crippen molar-refractivity contribution in [1.29, 1.82) is 0 Å². The average molecular weight is 240 g/mol. The standard InChI is InChI=1S/C16H32O/c17-15-11-7-5-3-1-2-4-6-8-12-16-13-9-10-14-16/h16-17H,1-15H2. The predicted molar refractivity (Wildman–Crippen MR) is 75.2 cm³/mol. The second kappa shape index (κ2) is 11.1. The summed E-state index contributed by atoms with van der Waals surface area (Å²) in [7, 11) is 0. The van der Waals surface area contributed by atoms with E-state index in [2.05, 4.69) is 0 Å². The van der Waals surface area contributed by atoms with Gasteiger partial charge in [0, 0.05) is 6.61 Å². The van der Waals surface area contributed by atoms with Gasteiger partial charge < -0.3 is 5.11 Å². The molecule has 0 saturated heterocycles. The van der Waals surface area contributed by atoms with E-state index in [1.807, 2.05) is 0 Å². The highest BCUT2D eigenvalue weighted by molar-refractivity contribution is 4.66. The molecule has 0 aromatic carbocycles. The third kappa shape index (κ3) is 8.65. The highest BCUT2D eigenvalue weighted by atomic mass is 16.2. The van der Waals surface area contributed by atoms with Gasteiger partial charge in [-0.3, -0.25) is 0 Å². The first kappa shape index (κ1) is 15.0. The Labute approximate surface area is 108 Å². The van der Waals surface area contributed by atoms with Crippen molar-refractivity contribution in [2.45, 2.75) is 89.9 Å². The van der Waals surface area contributed by atoms with Crippen LogP contribution in [0.1, 0.15) is 89.9 Å². The molecule has 1 N–H and O–H groups in total. The van der Waals surface area contributed by atoms with Crippen molar-refractivity contribution < 1.29 is 5.11 Å². The number of aliphatic hydroxyl groups excluding tert-OH is 1. The topological polar surface area (TPSA) is 20.2 Å². The van der Waals surface area contributed by atoms with Crippen molar-refractivity contribution in [2.75, 3.05) is 6.61 Å². The quantitative estimate of drug-likeness (QED) is 0.500. The lowest BCUT2D eigenvalue weighted by Crippen LogP contribution is -1.92. The average Bonchev–Trinajstić information content (AvgIpc) is 2.85. The van der Waals surface area contributed by atoms with Gasteiger partial charge in [0.1, 0.15) is 0 Å². The second-order valence-electron chi connectivity index (χ2n) is 5.84. The Hall–Kier alpha value is -0.0400. The zero-order valence-electron chi connectivity index (χ0n) is 11.6. The minimum atomic E-state index is 0.376. The van der Waals surface area contributed by atoms with E-state index in [0.717, 1.165) is 12.3 Å². The van der Waals surface area contributed by atoms with Crippen LogP contribution in [0.5, 0.6) is 0 Å². The molecule has 1 nitrogen and oxygen atoms in total. The SMILES string of the molecule is OCCCCCCCCCCCC1CCCC1. The van der Waals surface area contributed by atoms with Gasteiger partial charge in [0.2, 0.25) is 0 Å². The molecule has 0 atom stereocenters. The van der Waals surface area contributed by atoms with Crippen molar-refractivity contribution in [3.8, 4) is 0 Å². The van der Waals surface area contributed by atoms with Crippen LogP contribution in [-0.4, -0.2) is 11.7 Å². The molecule has 17 heavy (non-hydrogen) atoms. The molecule has 0 aromatic rings. The van der Waals surface area contributed by atoms with Crippen LogP contribution < -0.4 is 0 Å². The molecule has 1 aliphatic rings. The van der Waals surface area contributed by atoms with Crippen LogP contribution in [0.3, 0.4) is 0 Å². The molecule has 0 radical (unpaired) electrons. The van der Waals surface area contributed by atoms with Crippen LogP contribution in [0.4, 0.5) is 0 Å². The molecule has 0 bridgehead atoms. The van der Waals surface area contributed by atoms with Gasteiger partial charge in [-0.2, -0.15) is 0 Å². The molecule has 1 saturated carbocycles. The van der Waals surface area contributed by atoms with E-state index in [0.29, 0.717) is 6.61 Å². The Morgan fingerprint density at radius 1 is 0.647 bits per heavy atom. The van der Waals surface area contributed by atoms with Crippen LogP contribution >= 0.6 is 0 Å². The van der Waals surface area contributed by atoms with E-state index in [9.17, 15) is 0 Å². The molecular formula is C16H32O. The number of hydrogen-bond donors (Lipinski definition) is 1. The first-order valence-electron chi connectivity index (χ1n) is 8.04. The molecule has 1 rings (SSSR count). The van der Waals surface area contributed by atoms with Gasteiger partial charge in [-0.1, -0.05) is 83.5 Å². The Balaban J connectivity index is 1.69. The molecule has 102 valence electrons. The van der Waals surface area contributed by atoms with Crippen LogP contribution in [0.2, 0.25) is 0 Å². The highest BCUT2D eigenvalue weighted by Gasteiger charge is 2.13. The number of rotatable bonds is 11. The fraction of sp³-hybridized carbons (Fsp3) is 1.00.